The first-order chi connectivity index (χ1) is 15.9. The molecular weight excluding hydrogens is 458 g/mol. The number of rotatable bonds is 9. The van der Waals surface area contributed by atoms with Crippen molar-refractivity contribution in [3.8, 4) is 0 Å². The highest BCUT2D eigenvalue weighted by atomic mass is 32.2. The van der Waals surface area contributed by atoms with Gasteiger partial charge >= 0.3 is 0 Å². The minimum absolute atomic E-state index is 0.0796. The summed E-state index contributed by atoms with van der Waals surface area (Å²) < 4.78 is 31.8. The summed E-state index contributed by atoms with van der Waals surface area (Å²) in [7, 11) is -3.53. The molecule has 2 aromatic carbocycles. The third kappa shape index (κ3) is 6.17. The van der Waals surface area contributed by atoms with E-state index in [0.29, 0.717) is 11.7 Å². The Morgan fingerprint density at radius 2 is 1.91 bits per heavy atom. The first-order valence-electron chi connectivity index (χ1n) is 11.2. The maximum Gasteiger partial charge on any atom is 0.229 e. The van der Waals surface area contributed by atoms with Gasteiger partial charge in [-0.2, -0.15) is 0 Å². The second-order valence-corrected chi connectivity index (χ2v) is 11.3. The predicted octanol–water partition coefficient (Wildman–Crippen LogP) is 3.52. The fraction of sp³-hybridized carbons (Fsp3) is 0.417. The lowest BCUT2D eigenvalue weighted by atomic mass is 10.2. The maximum absolute atomic E-state index is 13.2. The summed E-state index contributed by atoms with van der Waals surface area (Å²) in [5.41, 5.74) is 1.99. The van der Waals surface area contributed by atoms with E-state index < -0.39 is 9.84 Å². The van der Waals surface area contributed by atoms with Crippen LogP contribution in [-0.2, 0) is 19.4 Å². The molecule has 0 radical (unpaired) electrons. The summed E-state index contributed by atoms with van der Waals surface area (Å²) in [5, 5.41) is 0.625. The van der Waals surface area contributed by atoms with E-state index >= 15 is 0 Å². The Morgan fingerprint density at radius 1 is 1.15 bits per heavy atom. The van der Waals surface area contributed by atoms with Crippen molar-refractivity contribution in [2.24, 2.45) is 0 Å². The molecule has 0 atom stereocenters. The molecule has 2 heterocycles. The Balaban J connectivity index is 1.48. The summed E-state index contributed by atoms with van der Waals surface area (Å²) in [6.45, 7) is 6.64. The highest BCUT2D eigenvalue weighted by Gasteiger charge is 2.23. The highest BCUT2D eigenvalue weighted by Crippen LogP contribution is 2.30. The lowest BCUT2D eigenvalue weighted by Gasteiger charge is -2.27. The van der Waals surface area contributed by atoms with Crippen molar-refractivity contribution in [3.63, 3.8) is 0 Å². The second kappa shape index (κ2) is 10.7. The second-order valence-electron chi connectivity index (χ2n) is 8.20. The van der Waals surface area contributed by atoms with Crippen LogP contribution in [0.4, 0.5) is 5.13 Å². The number of hydrogen-bond donors (Lipinski definition) is 0. The molecular formula is C24H29N3O4S2. The highest BCUT2D eigenvalue weighted by molar-refractivity contribution is 7.91. The number of carbonyl (C=O) groups excluding carboxylic acids is 1. The molecule has 176 valence electrons. The fourth-order valence-corrected chi connectivity index (χ4v) is 6.20. The van der Waals surface area contributed by atoms with Crippen LogP contribution in [0.25, 0.3) is 10.2 Å². The van der Waals surface area contributed by atoms with Crippen LogP contribution in [0, 0.1) is 6.92 Å². The van der Waals surface area contributed by atoms with Gasteiger partial charge in [0.25, 0.3) is 0 Å². The molecule has 0 saturated carbocycles. The number of ether oxygens (including phenoxy) is 1. The normalized spacial score (nSPS) is 15.1. The summed E-state index contributed by atoms with van der Waals surface area (Å²) in [6, 6.07) is 14.3. The van der Waals surface area contributed by atoms with Crippen molar-refractivity contribution in [3.05, 3.63) is 54.1 Å². The zero-order valence-electron chi connectivity index (χ0n) is 18.8. The van der Waals surface area contributed by atoms with Crippen molar-refractivity contribution in [2.75, 3.05) is 50.0 Å². The van der Waals surface area contributed by atoms with Crippen LogP contribution in [0.1, 0.15) is 18.4 Å². The number of aromatic nitrogens is 1. The molecule has 0 unspecified atom stereocenters. The van der Waals surface area contributed by atoms with E-state index in [4.69, 9.17) is 4.74 Å². The largest absolute Gasteiger partial charge is 0.379 e. The number of sulfone groups is 1. The summed E-state index contributed by atoms with van der Waals surface area (Å²) in [5.74, 6) is -0.438. The average molecular weight is 488 g/mol. The number of carbonyl (C=O) groups is 1. The van der Waals surface area contributed by atoms with Crippen LogP contribution >= 0.6 is 11.3 Å². The Hall–Kier alpha value is -2.33. The standard InChI is InChI=1S/C24H29N3O4S2/c1-19-8-9-21-22(18-19)32-24(25-21)27(12-5-11-26-13-15-31-16-14-26)23(28)10-17-33(29,30)20-6-3-2-4-7-20/h2-4,6-9,18H,5,10-17H2,1H3. The monoisotopic (exact) mass is 487 g/mol. The van der Waals surface area contributed by atoms with Gasteiger partial charge in [0.05, 0.1) is 34.1 Å². The van der Waals surface area contributed by atoms with Crippen molar-refractivity contribution >= 4 is 42.4 Å². The van der Waals surface area contributed by atoms with Gasteiger partial charge in [-0.05, 0) is 43.2 Å². The molecule has 1 fully saturated rings. The van der Waals surface area contributed by atoms with Crippen LogP contribution in [0.15, 0.2) is 53.4 Å². The number of aryl methyl sites for hydroxylation is 1. The van der Waals surface area contributed by atoms with E-state index in [1.165, 1.54) is 11.3 Å². The lowest BCUT2D eigenvalue weighted by molar-refractivity contribution is -0.118. The molecule has 4 rings (SSSR count). The van der Waals surface area contributed by atoms with Crippen LogP contribution in [0.3, 0.4) is 0 Å². The molecule has 9 heteroatoms. The molecule has 3 aromatic rings. The predicted molar refractivity (Wildman–Crippen MR) is 132 cm³/mol. The number of amides is 1. The van der Waals surface area contributed by atoms with Crippen LogP contribution in [-0.4, -0.2) is 69.4 Å². The van der Waals surface area contributed by atoms with Gasteiger partial charge in [-0.15, -0.1) is 0 Å². The number of nitrogens with zero attached hydrogens (tertiary/aromatic N) is 3. The van der Waals surface area contributed by atoms with Gasteiger partial charge in [0.15, 0.2) is 15.0 Å². The Bertz CT molecular complexity index is 1190. The molecule has 0 N–H and O–H groups in total. The SMILES string of the molecule is Cc1ccc2nc(N(CCCN3CCOCC3)C(=O)CCS(=O)(=O)c3ccccc3)sc2c1. The van der Waals surface area contributed by atoms with Crippen LogP contribution in [0.5, 0.6) is 0 Å². The zero-order valence-corrected chi connectivity index (χ0v) is 20.4. The Kier molecular flexibility index (Phi) is 7.75. The smallest absolute Gasteiger partial charge is 0.229 e. The molecule has 0 bridgehead atoms. The number of benzene rings is 2. The summed E-state index contributed by atoms with van der Waals surface area (Å²) in [4.78, 5) is 22.2. The van der Waals surface area contributed by atoms with Crippen molar-refractivity contribution < 1.29 is 17.9 Å². The molecule has 33 heavy (non-hydrogen) atoms. The molecule has 1 aromatic heterocycles. The number of morpholine rings is 1. The topological polar surface area (TPSA) is 79.8 Å². The van der Waals surface area contributed by atoms with E-state index in [2.05, 4.69) is 16.0 Å². The number of anilines is 1. The molecule has 7 nitrogen and oxygen atoms in total. The van der Waals surface area contributed by atoms with Crippen LogP contribution in [0.2, 0.25) is 0 Å². The Labute approximate surface area is 198 Å². The minimum Gasteiger partial charge on any atom is -0.379 e. The first-order valence-corrected chi connectivity index (χ1v) is 13.6. The summed E-state index contributed by atoms with van der Waals surface area (Å²) >= 11 is 1.47. The van der Waals surface area contributed by atoms with Crippen LogP contribution < -0.4 is 4.90 Å². The third-order valence-corrected chi connectivity index (χ3v) is 8.48. The maximum atomic E-state index is 13.2. The molecule has 0 aliphatic carbocycles. The van der Waals surface area contributed by atoms with Gasteiger partial charge in [0.2, 0.25) is 5.91 Å². The average Bonchev–Trinajstić information content (AvgIpc) is 3.24. The quantitative estimate of drug-likeness (QED) is 0.459. The van der Waals surface area contributed by atoms with Gasteiger partial charge in [0.1, 0.15) is 0 Å². The third-order valence-electron chi connectivity index (χ3n) is 5.71. The number of fused-ring (bicyclic) bond motifs is 1. The van der Waals surface area contributed by atoms with Gasteiger partial charge < -0.3 is 4.74 Å². The van der Waals surface area contributed by atoms with Crippen molar-refractivity contribution in [2.45, 2.75) is 24.7 Å². The number of thiazole rings is 1. The minimum atomic E-state index is -3.53. The van der Waals surface area contributed by atoms with Gasteiger partial charge in [0, 0.05) is 32.6 Å². The molecule has 1 amide bonds. The van der Waals surface area contributed by atoms with Gasteiger partial charge in [-0.1, -0.05) is 35.6 Å². The molecule has 0 spiro atoms. The van der Waals surface area contributed by atoms with Crippen molar-refractivity contribution in [1.82, 2.24) is 9.88 Å². The molecule has 1 aliphatic rings. The lowest BCUT2D eigenvalue weighted by Crippen LogP contribution is -2.39. The zero-order chi connectivity index (χ0) is 23.3. The Morgan fingerprint density at radius 3 is 2.67 bits per heavy atom. The molecule has 1 aliphatic heterocycles. The summed E-state index contributed by atoms with van der Waals surface area (Å²) in [6.07, 6.45) is 0.704. The fourth-order valence-electron chi connectivity index (χ4n) is 3.84. The van der Waals surface area contributed by atoms with Gasteiger partial charge in [-0.25, -0.2) is 13.4 Å². The van der Waals surface area contributed by atoms with E-state index in [-0.39, 0.29) is 23.0 Å². The molecule has 1 saturated heterocycles. The van der Waals surface area contributed by atoms with E-state index in [1.54, 1.807) is 35.2 Å². The van der Waals surface area contributed by atoms with Crippen molar-refractivity contribution in [1.29, 1.82) is 0 Å². The van der Waals surface area contributed by atoms with E-state index in [9.17, 15) is 13.2 Å². The first kappa shape index (κ1) is 23.8. The number of hydrogen-bond acceptors (Lipinski definition) is 7. The van der Waals surface area contributed by atoms with E-state index in [1.807, 2.05) is 19.1 Å². The van der Waals surface area contributed by atoms with Gasteiger partial charge in [-0.3, -0.25) is 14.6 Å². The van der Waals surface area contributed by atoms with E-state index in [0.717, 1.165) is 55.0 Å².